The van der Waals surface area contributed by atoms with Crippen LogP contribution in [0.5, 0.6) is 0 Å². The van der Waals surface area contributed by atoms with Crippen LogP contribution in [0.4, 0.5) is 0 Å². The van der Waals surface area contributed by atoms with E-state index in [4.69, 9.17) is 4.74 Å². The lowest BCUT2D eigenvalue weighted by Crippen LogP contribution is -2.31. The molecule has 0 aromatic rings. The van der Waals surface area contributed by atoms with Crippen LogP contribution >= 0.6 is 38.5 Å². The molecule has 3 heteroatoms. The van der Waals surface area contributed by atoms with E-state index in [2.05, 4.69) is 38.5 Å². The fraction of sp³-hybridized carbons (Fsp3) is 0.778. The molecule has 1 fully saturated rings. The molecule has 0 aromatic carbocycles. The van der Waals surface area contributed by atoms with Gasteiger partial charge >= 0.3 is 0 Å². The first-order valence-corrected chi connectivity index (χ1v) is 6.30. The summed E-state index contributed by atoms with van der Waals surface area (Å²) < 4.78 is 8.56. The Morgan fingerprint density at radius 2 is 1.92 bits per heavy atom. The van der Waals surface area contributed by atoms with Crippen molar-refractivity contribution in [3.63, 3.8) is 0 Å². The van der Waals surface area contributed by atoms with E-state index in [0.717, 1.165) is 6.61 Å². The number of hydrogen-bond acceptors (Lipinski definition) is 1. The highest BCUT2D eigenvalue weighted by atomic mass is 127. The van der Waals surface area contributed by atoms with Crippen LogP contribution in [0.1, 0.15) is 32.1 Å². The summed E-state index contributed by atoms with van der Waals surface area (Å²) in [5.74, 6) is 0. The summed E-state index contributed by atoms with van der Waals surface area (Å²) in [7, 11) is 0. The van der Waals surface area contributed by atoms with Gasteiger partial charge in [0.05, 0.1) is 6.61 Å². The standard InChI is InChI=1S/C9H12BrIO/c10-7-6-12-9(8(7)11)4-2-1-3-5-9/h1-6H2. The SMILES string of the molecule is BrC1=C(I)C2(CCCCC2)OC1. The lowest BCUT2D eigenvalue weighted by atomic mass is 9.85. The van der Waals surface area contributed by atoms with Crippen LogP contribution in [0.15, 0.2) is 8.06 Å². The van der Waals surface area contributed by atoms with Crippen LogP contribution < -0.4 is 0 Å². The second-order valence-corrected chi connectivity index (χ2v) is 5.60. The van der Waals surface area contributed by atoms with E-state index in [1.54, 1.807) is 0 Å². The Morgan fingerprint density at radius 3 is 2.42 bits per heavy atom. The molecule has 0 unspecified atom stereocenters. The molecule has 0 aromatic heterocycles. The Morgan fingerprint density at radius 1 is 1.25 bits per heavy atom. The van der Waals surface area contributed by atoms with Crippen molar-refractivity contribution < 1.29 is 4.74 Å². The summed E-state index contributed by atoms with van der Waals surface area (Å²) >= 11 is 6.00. The zero-order valence-corrected chi connectivity index (χ0v) is 10.7. The van der Waals surface area contributed by atoms with E-state index < -0.39 is 0 Å². The summed E-state index contributed by atoms with van der Waals surface area (Å²) in [6.45, 7) is 0.790. The molecule has 0 saturated heterocycles. The Bertz CT molecular complexity index is 219. The maximum Gasteiger partial charge on any atom is 0.100 e. The molecule has 0 amide bonds. The number of rotatable bonds is 0. The van der Waals surface area contributed by atoms with Gasteiger partial charge in [-0.15, -0.1) is 0 Å². The van der Waals surface area contributed by atoms with Gasteiger partial charge in [-0.05, 0) is 35.4 Å². The molecule has 1 aliphatic carbocycles. The van der Waals surface area contributed by atoms with Crippen molar-refractivity contribution in [3.8, 4) is 0 Å². The molecule has 2 rings (SSSR count). The maximum absolute atomic E-state index is 5.88. The predicted molar refractivity (Wildman–Crippen MR) is 61.7 cm³/mol. The molecular formula is C9H12BrIO. The van der Waals surface area contributed by atoms with E-state index in [1.807, 2.05) is 0 Å². The molecule has 0 atom stereocenters. The van der Waals surface area contributed by atoms with Gasteiger partial charge in [0.25, 0.3) is 0 Å². The van der Waals surface area contributed by atoms with Gasteiger partial charge in [0.15, 0.2) is 0 Å². The van der Waals surface area contributed by atoms with Crippen LogP contribution in [-0.4, -0.2) is 12.2 Å². The minimum atomic E-state index is 0.123. The van der Waals surface area contributed by atoms with Crippen LogP contribution in [0.3, 0.4) is 0 Å². The zero-order chi connectivity index (χ0) is 8.60. The highest BCUT2D eigenvalue weighted by Gasteiger charge is 2.41. The van der Waals surface area contributed by atoms with E-state index in [-0.39, 0.29) is 5.60 Å². The Balaban J connectivity index is 2.21. The van der Waals surface area contributed by atoms with Gasteiger partial charge in [0.2, 0.25) is 0 Å². The van der Waals surface area contributed by atoms with Gasteiger partial charge in [0.1, 0.15) is 5.60 Å². The molecule has 1 nitrogen and oxygen atoms in total. The van der Waals surface area contributed by atoms with Crippen molar-refractivity contribution in [1.29, 1.82) is 0 Å². The summed E-state index contributed by atoms with van der Waals surface area (Å²) in [4.78, 5) is 0. The van der Waals surface area contributed by atoms with Crippen LogP contribution in [0, 0.1) is 0 Å². The first kappa shape index (κ1) is 9.46. The van der Waals surface area contributed by atoms with Crippen LogP contribution in [0.25, 0.3) is 0 Å². The van der Waals surface area contributed by atoms with Gasteiger partial charge in [-0.2, -0.15) is 0 Å². The average molecular weight is 343 g/mol. The van der Waals surface area contributed by atoms with Gasteiger partial charge in [-0.3, -0.25) is 0 Å². The number of halogens is 2. The zero-order valence-electron chi connectivity index (χ0n) is 6.91. The van der Waals surface area contributed by atoms with Crippen molar-refractivity contribution in [2.45, 2.75) is 37.7 Å². The molecule has 1 spiro atoms. The highest BCUT2D eigenvalue weighted by molar-refractivity contribution is 14.1. The number of ether oxygens (including phenoxy) is 1. The predicted octanol–water partition coefficient (Wildman–Crippen LogP) is 3.76. The van der Waals surface area contributed by atoms with Gasteiger partial charge in [-0.25, -0.2) is 0 Å². The van der Waals surface area contributed by atoms with E-state index >= 15 is 0 Å². The monoisotopic (exact) mass is 342 g/mol. The van der Waals surface area contributed by atoms with Gasteiger partial charge < -0.3 is 4.74 Å². The van der Waals surface area contributed by atoms with Crippen molar-refractivity contribution >= 4 is 38.5 Å². The lowest BCUT2D eigenvalue weighted by molar-refractivity contribution is -0.00398. The highest BCUT2D eigenvalue weighted by Crippen LogP contribution is 2.47. The first-order valence-electron chi connectivity index (χ1n) is 4.43. The molecule has 1 saturated carbocycles. The Kier molecular flexibility index (Phi) is 2.82. The van der Waals surface area contributed by atoms with Crippen molar-refractivity contribution in [2.24, 2.45) is 0 Å². The molecule has 1 aliphatic heterocycles. The first-order chi connectivity index (χ1) is 5.75. The fourth-order valence-corrected chi connectivity index (χ4v) is 3.39. The lowest BCUT2D eigenvalue weighted by Gasteiger charge is -2.33. The van der Waals surface area contributed by atoms with E-state index in [9.17, 15) is 0 Å². The summed E-state index contributed by atoms with van der Waals surface area (Å²) in [6, 6.07) is 0. The van der Waals surface area contributed by atoms with Crippen molar-refractivity contribution in [3.05, 3.63) is 8.06 Å². The summed E-state index contributed by atoms with van der Waals surface area (Å²) in [6.07, 6.45) is 6.48. The van der Waals surface area contributed by atoms with Crippen LogP contribution in [0.2, 0.25) is 0 Å². The largest absolute Gasteiger partial charge is 0.365 e. The summed E-state index contributed by atoms with van der Waals surface area (Å²) in [5.41, 5.74) is 0.123. The van der Waals surface area contributed by atoms with E-state index in [0.29, 0.717) is 0 Å². The maximum atomic E-state index is 5.88. The molecule has 0 radical (unpaired) electrons. The second kappa shape index (κ2) is 3.58. The van der Waals surface area contributed by atoms with Crippen molar-refractivity contribution in [2.75, 3.05) is 6.61 Å². The molecule has 2 aliphatic rings. The topological polar surface area (TPSA) is 9.23 Å². The molecule has 0 bridgehead atoms. The summed E-state index contributed by atoms with van der Waals surface area (Å²) in [5, 5.41) is 0. The minimum absolute atomic E-state index is 0.123. The van der Waals surface area contributed by atoms with Crippen LogP contribution in [-0.2, 0) is 4.74 Å². The third-order valence-electron chi connectivity index (χ3n) is 2.77. The fourth-order valence-electron chi connectivity index (χ4n) is 2.06. The molecule has 1 heterocycles. The third-order valence-corrected chi connectivity index (χ3v) is 5.78. The Labute approximate surface area is 95.2 Å². The smallest absolute Gasteiger partial charge is 0.100 e. The Hall–Kier alpha value is 0.910. The third kappa shape index (κ3) is 1.48. The normalized spacial score (nSPS) is 28.5. The van der Waals surface area contributed by atoms with Gasteiger partial charge in [-0.1, -0.05) is 35.2 Å². The average Bonchev–Trinajstić information content (AvgIpc) is 2.37. The van der Waals surface area contributed by atoms with Gasteiger partial charge in [0, 0.05) is 8.06 Å². The molecular weight excluding hydrogens is 331 g/mol. The van der Waals surface area contributed by atoms with E-state index in [1.165, 1.54) is 40.2 Å². The molecule has 12 heavy (non-hydrogen) atoms. The minimum Gasteiger partial charge on any atom is -0.365 e. The van der Waals surface area contributed by atoms with Crippen molar-refractivity contribution in [1.82, 2.24) is 0 Å². The second-order valence-electron chi connectivity index (χ2n) is 3.56. The number of hydrogen-bond donors (Lipinski definition) is 0. The molecule has 0 N–H and O–H groups in total. The molecule has 68 valence electrons. The quantitative estimate of drug-likeness (QED) is 0.609.